The Bertz CT molecular complexity index is 1220. The summed E-state index contributed by atoms with van der Waals surface area (Å²) >= 11 is 6.17. The molecule has 1 N–H and O–H groups in total. The molecule has 3 heterocycles. The monoisotopic (exact) mass is 496 g/mol. The Morgan fingerprint density at radius 1 is 1.11 bits per heavy atom. The summed E-state index contributed by atoms with van der Waals surface area (Å²) in [6.07, 6.45) is 2.63. The second-order valence-electron chi connectivity index (χ2n) is 8.92. The molecule has 1 atom stereocenters. The number of nitrogens with zero attached hydrogens (tertiary/aromatic N) is 3. The van der Waals surface area contributed by atoms with Gasteiger partial charge in [-0.05, 0) is 42.2 Å². The second-order valence-corrected chi connectivity index (χ2v) is 9.33. The van der Waals surface area contributed by atoms with Gasteiger partial charge < -0.3 is 19.5 Å². The van der Waals surface area contributed by atoms with Crippen LogP contribution in [0.25, 0.3) is 0 Å². The first-order valence-electron chi connectivity index (χ1n) is 11.7. The zero-order chi connectivity index (χ0) is 24.4. The minimum atomic E-state index is -0.289. The van der Waals surface area contributed by atoms with E-state index in [9.17, 15) is 14.0 Å². The number of halogens is 2. The van der Waals surface area contributed by atoms with Gasteiger partial charge in [0, 0.05) is 30.6 Å². The number of hydrogen-bond donors (Lipinski definition) is 1. The molecule has 0 spiro atoms. The Kier molecular flexibility index (Phi) is 6.83. The molecule has 9 heteroatoms. The fourth-order valence-corrected chi connectivity index (χ4v) is 4.85. The van der Waals surface area contributed by atoms with Crippen molar-refractivity contribution in [3.8, 4) is 0 Å². The van der Waals surface area contributed by atoms with Gasteiger partial charge in [-0.2, -0.15) is 0 Å². The van der Waals surface area contributed by atoms with E-state index in [1.165, 1.54) is 12.1 Å². The zero-order valence-electron chi connectivity index (χ0n) is 19.1. The highest BCUT2D eigenvalue weighted by atomic mass is 35.5. The van der Waals surface area contributed by atoms with Crippen LogP contribution in [0.3, 0.4) is 0 Å². The molecule has 35 heavy (non-hydrogen) atoms. The summed E-state index contributed by atoms with van der Waals surface area (Å²) in [5.41, 5.74) is 2.90. The van der Waals surface area contributed by atoms with Crippen molar-refractivity contribution < 1.29 is 18.7 Å². The Labute approximate surface area is 207 Å². The third kappa shape index (κ3) is 5.09. The summed E-state index contributed by atoms with van der Waals surface area (Å²) < 4.78 is 21.1. The maximum Gasteiger partial charge on any atom is 0.274 e. The van der Waals surface area contributed by atoms with Gasteiger partial charge >= 0.3 is 0 Å². The lowest BCUT2D eigenvalue weighted by molar-refractivity contribution is -0.126. The number of carbonyl (C=O) groups is 2. The molecule has 3 aromatic rings. The summed E-state index contributed by atoms with van der Waals surface area (Å²) in [5, 5.41) is 3.59. The lowest BCUT2D eigenvalue weighted by Crippen LogP contribution is -2.43. The number of benzene rings is 2. The van der Waals surface area contributed by atoms with Crippen LogP contribution >= 0.6 is 11.6 Å². The summed E-state index contributed by atoms with van der Waals surface area (Å²) in [4.78, 5) is 32.0. The van der Waals surface area contributed by atoms with E-state index in [1.54, 1.807) is 29.4 Å². The largest absolute Gasteiger partial charge is 0.365 e. The summed E-state index contributed by atoms with van der Waals surface area (Å²) in [6.45, 7) is 2.14. The Morgan fingerprint density at radius 2 is 1.86 bits per heavy atom. The van der Waals surface area contributed by atoms with Crippen LogP contribution in [0.2, 0.25) is 5.02 Å². The maximum absolute atomic E-state index is 13.2. The maximum atomic E-state index is 13.2. The molecule has 1 saturated heterocycles. The SMILES string of the molecule is O=C(NCc1ccccc1Cl)C1CCN(C(=O)c2ncn3c2CO[C@H](c2ccc(F)cc2)C3)CC1. The normalized spacial score (nSPS) is 18.2. The van der Waals surface area contributed by atoms with E-state index in [1.807, 2.05) is 22.8 Å². The lowest BCUT2D eigenvalue weighted by Gasteiger charge is -2.31. The van der Waals surface area contributed by atoms with E-state index >= 15 is 0 Å². The van der Waals surface area contributed by atoms with Gasteiger partial charge in [-0.1, -0.05) is 41.9 Å². The van der Waals surface area contributed by atoms with Crippen LogP contribution in [0.5, 0.6) is 0 Å². The first kappa shape index (κ1) is 23.5. The average Bonchev–Trinajstić information content (AvgIpc) is 3.31. The van der Waals surface area contributed by atoms with Crippen molar-refractivity contribution in [1.82, 2.24) is 19.8 Å². The molecule has 2 aromatic carbocycles. The molecule has 182 valence electrons. The minimum absolute atomic E-state index is 0.0170. The third-order valence-corrected chi connectivity index (χ3v) is 7.11. The predicted octanol–water partition coefficient (Wildman–Crippen LogP) is 4.12. The second kappa shape index (κ2) is 10.2. The Morgan fingerprint density at radius 3 is 2.60 bits per heavy atom. The van der Waals surface area contributed by atoms with Gasteiger partial charge in [0.05, 0.1) is 25.2 Å². The van der Waals surface area contributed by atoms with Crippen molar-refractivity contribution in [2.24, 2.45) is 5.92 Å². The Balaban J connectivity index is 1.16. The van der Waals surface area contributed by atoms with E-state index in [4.69, 9.17) is 16.3 Å². The van der Waals surface area contributed by atoms with Crippen LogP contribution in [0, 0.1) is 11.7 Å². The number of fused-ring (bicyclic) bond motifs is 1. The van der Waals surface area contributed by atoms with Crippen molar-refractivity contribution in [1.29, 1.82) is 0 Å². The lowest BCUT2D eigenvalue weighted by atomic mass is 9.95. The number of ether oxygens (including phenoxy) is 1. The van der Waals surface area contributed by atoms with Crippen molar-refractivity contribution in [3.63, 3.8) is 0 Å². The van der Waals surface area contributed by atoms with Crippen LogP contribution in [-0.2, 0) is 29.2 Å². The van der Waals surface area contributed by atoms with E-state index in [2.05, 4.69) is 10.3 Å². The van der Waals surface area contributed by atoms with E-state index in [0.29, 0.717) is 49.7 Å². The molecule has 2 aliphatic heterocycles. The number of nitrogens with one attached hydrogen (secondary N) is 1. The molecule has 0 saturated carbocycles. The molecular weight excluding hydrogens is 471 g/mol. The summed E-state index contributed by atoms with van der Waals surface area (Å²) in [5.74, 6) is -0.589. The number of amides is 2. The standard InChI is InChI=1S/C26H26ClFN4O3/c27-21-4-2-1-3-19(21)13-29-25(33)18-9-11-31(12-10-18)26(34)24-22-15-35-23(14-32(22)16-30-24)17-5-7-20(28)8-6-17/h1-8,16,18,23H,9-15H2,(H,29,33)/t23-/m0/s1. The number of piperidine rings is 1. The van der Waals surface area contributed by atoms with Gasteiger partial charge in [-0.3, -0.25) is 9.59 Å². The quantitative estimate of drug-likeness (QED) is 0.576. The van der Waals surface area contributed by atoms with Crippen molar-refractivity contribution in [2.75, 3.05) is 13.1 Å². The number of aromatic nitrogens is 2. The predicted molar refractivity (Wildman–Crippen MR) is 128 cm³/mol. The average molecular weight is 497 g/mol. The molecule has 1 fully saturated rings. The molecule has 0 bridgehead atoms. The molecule has 0 unspecified atom stereocenters. The van der Waals surface area contributed by atoms with Gasteiger partial charge in [0.15, 0.2) is 5.69 Å². The minimum Gasteiger partial charge on any atom is -0.365 e. The first-order chi connectivity index (χ1) is 17.0. The molecule has 7 nitrogen and oxygen atoms in total. The van der Waals surface area contributed by atoms with Gasteiger partial charge in [-0.25, -0.2) is 9.37 Å². The molecule has 5 rings (SSSR count). The summed E-state index contributed by atoms with van der Waals surface area (Å²) in [6, 6.07) is 13.7. The van der Waals surface area contributed by atoms with Crippen molar-refractivity contribution in [2.45, 2.75) is 38.6 Å². The molecule has 2 aliphatic rings. The number of rotatable bonds is 5. The van der Waals surface area contributed by atoms with Crippen LogP contribution in [0.4, 0.5) is 4.39 Å². The highest BCUT2D eigenvalue weighted by Crippen LogP contribution is 2.29. The smallest absolute Gasteiger partial charge is 0.274 e. The van der Waals surface area contributed by atoms with Crippen LogP contribution in [0.15, 0.2) is 54.9 Å². The topological polar surface area (TPSA) is 76.5 Å². The first-order valence-corrected chi connectivity index (χ1v) is 12.1. The van der Waals surface area contributed by atoms with Gasteiger partial charge in [-0.15, -0.1) is 0 Å². The van der Waals surface area contributed by atoms with Crippen LogP contribution < -0.4 is 5.32 Å². The molecule has 0 radical (unpaired) electrons. The van der Waals surface area contributed by atoms with E-state index in [-0.39, 0.29) is 36.3 Å². The number of imidazole rings is 1. The van der Waals surface area contributed by atoms with Gasteiger partial charge in [0.2, 0.25) is 5.91 Å². The summed E-state index contributed by atoms with van der Waals surface area (Å²) in [7, 11) is 0. The number of hydrogen-bond acceptors (Lipinski definition) is 4. The number of carbonyl (C=O) groups excluding carboxylic acids is 2. The van der Waals surface area contributed by atoms with E-state index < -0.39 is 0 Å². The highest BCUT2D eigenvalue weighted by Gasteiger charge is 2.32. The van der Waals surface area contributed by atoms with Gasteiger partial charge in [0.1, 0.15) is 11.9 Å². The highest BCUT2D eigenvalue weighted by molar-refractivity contribution is 6.31. The molecule has 1 aromatic heterocycles. The fraction of sp³-hybridized carbons (Fsp3) is 0.346. The third-order valence-electron chi connectivity index (χ3n) is 6.74. The fourth-order valence-electron chi connectivity index (χ4n) is 4.65. The van der Waals surface area contributed by atoms with Crippen LogP contribution in [0.1, 0.15) is 46.3 Å². The molecular formula is C26H26ClFN4O3. The van der Waals surface area contributed by atoms with Crippen LogP contribution in [-0.4, -0.2) is 39.4 Å². The van der Waals surface area contributed by atoms with Gasteiger partial charge in [0.25, 0.3) is 5.91 Å². The van der Waals surface area contributed by atoms with E-state index in [0.717, 1.165) is 16.8 Å². The zero-order valence-corrected chi connectivity index (χ0v) is 19.9. The van der Waals surface area contributed by atoms with Crippen molar-refractivity contribution in [3.05, 3.63) is 88.2 Å². The number of likely N-dealkylation sites (tertiary alicyclic amines) is 1. The molecule has 0 aliphatic carbocycles. The molecule has 2 amide bonds. The van der Waals surface area contributed by atoms with Crippen molar-refractivity contribution >= 4 is 23.4 Å². The Hall–Kier alpha value is -3.23.